The summed E-state index contributed by atoms with van der Waals surface area (Å²) in [7, 11) is 0. The van der Waals surface area contributed by atoms with E-state index in [9.17, 15) is 4.79 Å². The first-order chi connectivity index (χ1) is 15.8. The molecule has 0 aliphatic carbocycles. The van der Waals surface area contributed by atoms with Crippen molar-refractivity contribution in [2.24, 2.45) is 0 Å². The van der Waals surface area contributed by atoms with Gasteiger partial charge in [0.15, 0.2) is 0 Å². The van der Waals surface area contributed by atoms with E-state index < -0.39 is 0 Å². The van der Waals surface area contributed by atoms with E-state index in [-0.39, 0.29) is 5.91 Å². The van der Waals surface area contributed by atoms with Gasteiger partial charge in [-0.2, -0.15) is 5.10 Å². The van der Waals surface area contributed by atoms with Crippen molar-refractivity contribution in [3.05, 3.63) is 114 Å². The van der Waals surface area contributed by atoms with E-state index in [0.717, 1.165) is 27.6 Å². The van der Waals surface area contributed by atoms with Crippen molar-refractivity contribution < 1.29 is 9.21 Å². The van der Waals surface area contributed by atoms with Crippen molar-refractivity contribution in [2.45, 2.75) is 13.1 Å². The summed E-state index contributed by atoms with van der Waals surface area (Å²) < 4.78 is 7.29. The lowest BCUT2D eigenvalue weighted by atomic mass is 10.2. The number of furan rings is 1. The van der Waals surface area contributed by atoms with Crippen LogP contribution in [0.4, 0.5) is 0 Å². The van der Waals surface area contributed by atoms with Crippen LogP contribution in [0.15, 0.2) is 101 Å². The monoisotopic (exact) mass is 440 g/mol. The molecule has 7 heteroatoms. The number of thiazole rings is 1. The fraction of sp³-hybridized carbons (Fsp3) is 0.0800. The minimum Gasteiger partial charge on any atom is -0.467 e. The van der Waals surface area contributed by atoms with E-state index in [1.807, 2.05) is 79.0 Å². The van der Waals surface area contributed by atoms with Crippen LogP contribution in [-0.4, -0.2) is 25.6 Å². The molecule has 32 heavy (non-hydrogen) atoms. The normalized spacial score (nSPS) is 10.9. The molecule has 0 fully saturated rings. The lowest BCUT2D eigenvalue weighted by molar-refractivity contribution is 0.0712. The Morgan fingerprint density at radius 3 is 2.50 bits per heavy atom. The van der Waals surface area contributed by atoms with Crippen LogP contribution in [0.1, 0.15) is 21.8 Å². The molecule has 0 atom stereocenters. The molecule has 5 aromatic rings. The van der Waals surface area contributed by atoms with Gasteiger partial charge in [0.25, 0.3) is 5.91 Å². The predicted molar refractivity (Wildman–Crippen MR) is 123 cm³/mol. The Balaban J connectivity index is 1.38. The van der Waals surface area contributed by atoms with Crippen LogP contribution < -0.4 is 0 Å². The molecule has 2 aromatic carbocycles. The van der Waals surface area contributed by atoms with E-state index >= 15 is 0 Å². The summed E-state index contributed by atoms with van der Waals surface area (Å²) in [6.07, 6.45) is 5.31. The van der Waals surface area contributed by atoms with Crippen molar-refractivity contribution in [3.63, 3.8) is 0 Å². The van der Waals surface area contributed by atoms with Crippen LogP contribution in [-0.2, 0) is 13.1 Å². The second-order valence-corrected chi connectivity index (χ2v) is 8.13. The minimum atomic E-state index is -0.136. The maximum absolute atomic E-state index is 13.4. The molecule has 3 heterocycles. The molecule has 0 saturated carbocycles. The number of aromatic nitrogens is 3. The Kier molecular flexibility index (Phi) is 5.63. The molecule has 0 unspecified atom stereocenters. The number of carbonyl (C=O) groups is 1. The van der Waals surface area contributed by atoms with Crippen LogP contribution in [0, 0.1) is 0 Å². The summed E-state index contributed by atoms with van der Waals surface area (Å²) in [5, 5.41) is 6.99. The highest BCUT2D eigenvalue weighted by atomic mass is 32.1. The van der Waals surface area contributed by atoms with E-state index in [1.165, 1.54) is 11.3 Å². The SMILES string of the molecule is O=C(c1csc(-c2cnn(-c3ccccc3)c2)n1)N(Cc1ccccc1)Cc1ccco1. The highest BCUT2D eigenvalue weighted by molar-refractivity contribution is 7.13. The molecular weight excluding hydrogens is 420 g/mol. The number of nitrogens with zero attached hydrogens (tertiary/aromatic N) is 4. The highest BCUT2D eigenvalue weighted by Gasteiger charge is 2.21. The van der Waals surface area contributed by atoms with Gasteiger partial charge >= 0.3 is 0 Å². The van der Waals surface area contributed by atoms with Crippen molar-refractivity contribution in [1.29, 1.82) is 0 Å². The average Bonchev–Trinajstić information content (AvgIpc) is 3.61. The van der Waals surface area contributed by atoms with Crippen molar-refractivity contribution in [2.75, 3.05) is 0 Å². The van der Waals surface area contributed by atoms with Gasteiger partial charge in [0, 0.05) is 23.7 Å². The Bertz CT molecular complexity index is 1290. The Labute approximate surface area is 189 Å². The number of carbonyl (C=O) groups excluding carboxylic acids is 1. The molecule has 0 radical (unpaired) electrons. The van der Waals surface area contributed by atoms with Crippen LogP contribution in [0.5, 0.6) is 0 Å². The fourth-order valence-corrected chi connectivity index (χ4v) is 4.19. The molecule has 3 aromatic heterocycles. The van der Waals surface area contributed by atoms with Crippen molar-refractivity contribution in [1.82, 2.24) is 19.7 Å². The first kappa shape index (κ1) is 20.0. The number of benzene rings is 2. The zero-order valence-corrected chi connectivity index (χ0v) is 18.0. The van der Waals surface area contributed by atoms with Gasteiger partial charge < -0.3 is 9.32 Å². The van der Waals surface area contributed by atoms with Gasteiger partial charge in [-0.3, -0.25) is 4.79 Å². The van der Waals surface area contributed by atoms with Gasteiger partial charge in [0.2, 0.25) is 0 Å². The lowest BCUT2D eigenvalue weighted by Gasteiger charge is -2.21. The van der Waals surface area contributed by atoms with Gasteiger partial charge in [0.05, 0.1) is 24.7 Å². The molecule has 0 aliphatic heterocycles. The molecule has 0 saturated heterocycles. The summed E-state index contributed by atoms with van der Waals surface area (Å²) in [6, 6.07) is 23.5. The number of hydrogen-bond acceptors (Lipinski definition) is 5. The molecule has 1 amide bonds. The maximum Gasteiger partial charge on any atom is 0.274 e. The van der Waals surface area contributed by atoms with Crippen LogP contribution >= 0.6 is 11.3 Å². The second kappa shape index (κ2) is 9.03. The number of hydrogen-bond donors (Lipinski definition) is 0. The number of rotatable bonds is 7. The van der Waals surface area contributed by atoms with Crippen molar-refractivity contribution >= 4 is 17.2 Å². The molecule has 5 rings (SSSR count). The predicted octanol–water partition coefficient (Wildman–Crippen LogP) is 5.43. The van der Waals surface area contributed by atoms with E-state index in [4.69, 9.17) is 4.42 Å². The zero-order chi connectivity index (χ0) is 21.8. The van der Waals surface area contributed by atoms with Gasteiger partial charge in [-0.1, -0.05) is 48.5 Å². The van der Waals surface area contributed by atoms with Crippen LogP contribution in [0.3, 0.4) is 0 Å². The third-order valence-electron chi connectivity index (χ3n) is 5.00. The van der Waals surface area contributed by atoms with Gasteiger partial charge in [-0.05, 0) is 29.8 Å². The summed E-state index contributed by atoms with van der Waals surface area (Å²) >= 11 is 1.44. The number of amides is 1. The summed E-state index contributed by atoms with van der Waals surface area (Å²) in [6.45, 7) is 0.846. The molecule has 158 valence electrons. The highest BCUT2D eigenvalue weighted by Crippen LogP contribution is 2.25. The summed E-state index contributed by atoms with van der Waals surface area (Å²) in [5.74, 6) is 0.595. The van der Waals surface area contributed by atoms with E-state index in [2.05, 4.69) is 10.1 Å². The third kappa shape index (κ3) is 4.38. The molecule has 6 nitrogen and oxygen atoms in total. The lowest BCUT2D eigenvalue weighted by Crippen LogP contribution is -2.30. The summed E-state index contributed by atoms with van der Waals surface area (Å²) in [5.41, 5.74) is 3.31. The quantitative estimate of drug-likeness (QED) is 0.338. The smallest absolute Gasteiger partial charge is 0.274 e. The van der Waals surface area contributed by atoms with E-state index in [1.54, 1.807) is 27.4 Å². The fourth-order valence-electron chi connectivity index (χ4n) is 3.42. The first-order valence-electron chi connectivity index (χ1n) is 10.2. The second-order valence-electron chi connectivity index (χ2n) is 7.27. The van der Waals surface area contributed by atoms with Crippen LogP contribution in [0.25, 0.3) is 16.3 Å². The van der Waals surface area contributed by atoms with E-state index in [0.29, 0.717) is 18.8 Å². The Morgan fingerprint density at radius 1 is 0.969 bits per heavy atom. The topological polar surface area (TPSA) is 64.2 Å². The largest absolute Gasteiger partial charge is 0.467 e. The number of para-hydroxylation sites is 1. The average molecular weight is 441 g/mol. The third-order valence-corrected chi connectivity index (χ3v) is 5.90. The Hall–Kier alpha value is -3.97. The maximum atomic E-state index is 13.4. The van der Waals surface area contributed by atoms with Gasteiger partial charge in [-0.25, -0.2) is 9.67 Å². The van der Waals surface area contributed by atoms with Gasteiger partial charge in [-0.15, -0.1) is 11.3 Å². The first-order valence-corrected chi connectivity index (χ1v) is 11.1. The molecule has 0 N–H and O–H groups in total. The molecule has 0 spiro atoms. The Morgan fingerprint density at radius 2 is 1.75 bits per heavy atom. The van der Waals surface area contributed by atoms with Crippen LogP contribution in [0.2, 0.25) is 0 Å². The zero-order valence-electron chi connectivity index (χ0n) is 17.2. The summed E-state index contributed by atoms with van der Waals surface area (Å²) in [4.78, 5) is 19.7. The molecular formula is C25H20N4O2S. The van der Waals surface area contributed by atoms with Crippen molar-refractivity contribution in [3.8, 4) is 16.3 Å². The standard InChI is InChI=1S/C25H20N4O2S/c30-25(28(17-22-12-7-13-31-22)15-19-8-3-1-4-9-19)23-18-32-24(27-23)20-14-26-29(16-20)21-10-5-2-6-11-21/h1-14,16,18H,15,17H2. The van der Waals surface area contributed by atoms with Gasteiger partial charge in [0.1, 0.15) is 16.5 Å². The molecule has 0 aliphatic rings. The minimum absolute atomic E-state index is 0.136. The molecule has 0 bridgehead atoms.